The van der Waals surface area contributed by atoms with Crippen LogP contribution < -0.4 is 0 Å². The number of hydrogen-bond acceptors (Lipinski definition) is 0. The first kappa shape index (κ1) is 7.72. The predicted octanol–water partition coefficient (Wildman–Crippen LogP) is 2.29. The molecular formula is C6H8F3N. The lowest BCUT2D eigenvalue weighted by molar-refractivity contribution is -0.118. The van der Waals surface area contributed by atoms with E-state index in [0.29, 0.717) is 13.1 Å². The third kappa shape index (κ3) is 1.80. The van der Waals surface area contributed by atoms with E-state index in [-0.39, 0.29) is 18.8 Å². The molecule has 0 saturated carbocycles. The van der Waals surface area contributed by atoms with Gasteiger partial charge in [-0.3, -0.25) is 0 Å². The Morgan fingerprint density at radius 1 is 1.10 bits per heavy atom. The Kier molecular flexibility index (Phi) is 2.08. The number of piperidine rings is 1. The first-order valence-electron chi connectivity index (χ1n) is 3.16. The van der Waals surface area contributed by atoms with Gasteiger partial charge >= 0.3 is 6.18 Å². The van der Waals surface area contributed by atoms with E-state index >= 15 is 0 Å². The second-order valence-electron chi connectivity index (χ2n) is 2.27. The van der Waals surface area contributed by atoms with Crippen molar-refractivity contribution in [2.45, 2.75) is 19.0 Å². The molecule has 0 aromatic rings. The highest BCUT2D eigenvalue weighted by Crippen LogP contribution is 2.36. The van der Waals surface area contributed by atoms with Crippen molar-refractivity contribution in [1.29, 1.82) is 0 Å². The van der Waals surface area contributed by atoms with Gasteiger partial charge in [-0.2, -0.15) is 0 Å². The number of nitrogens with zero attached hydrogens (tertiary/aromatic N) is 1. The molecule has 0 unspecified atom stereocenters. The van der Waals surface area contributed by atoms with Crippen LogP contribution in [-0.2, 0) is 0 Å². The topological polar surface area (TPSA) is 14.1 Å². The number of hydrogen-bond donors (Lipinski definition) is 0. The highest BCUT2D eigenvalue weighted by atomic mass is 19.4. The van der Waals surface area contributed by atoms with E-state index in [1.807, 2.05) is 0 Å². The largest absolute Gasteiger partial charge is 0.655 e. The molecule has 0 aromatic carbocycles. The van der Waals surface area contributed by atoms with E-state index in [4.69, 9.17) is 0 Å². The maximum atomic E-state index is 11.9. The summed E-state index contributed by atoms with van der Waals surface area (Å²) < 4.78 is 35.6. The van der Waals surface area contributed by atoms with E-state index in [1.165, 1.54) is 0 Å². The van der Waals surface area contributed by atoms with Crippen molar-refractivity contribution in [2.75, 3.05) is 13.1 Å². The van der Waals surface area contributed by atoms with Gasteiger partial charge in [0.15, 0.2) is 5.92 Å². The van der Waals surface area contributed by atoms with E-state index in [1.54, 1.807) is 0 Å². The monoisotopic (exact) mass is 151 g/mol. The summed E-state index contributed by atoms with van der Waals surface area (Å²) in [4.78, 5) is 0. The molecule has 0 bridgehead atoms. The molecule has 0 aliphatic carbocycles. The summed E-state index contributed by atoms with van der Waals surface area (Å²) in [5.41, 5.74) is 0. The molecule has 1 nitrogen and oxygen atoms in total. The van der Waals surface area contributed by atoms with Crippen molar-refractivity contribution in [3.63, 3.8) is 0 Å². The van der Waals surface area contributed by atoms with Crippen molar-refractivity contribution < 1.29 is 13.2 Å². The quantitative estimate of drug-likeness (QED) is 0.471. The zero-order chi connectivity index (χ0) is 7.61. The second-order valence-corrected chi connectivity index (χ2v) is 2.27. The van der Waals surface area contributed by atoms with Crippen LogP contribution in [0.4, 0.5) is 13.2 Å². The number of rotatable bonds is 0. The summed E-state index contributed by atoms with van der Waals surface area (Å²) >= 11 is 0. The van der Waals surface area contributed by atoms with Gasteiger partial charge in [-0.1, -0.05) is 0 Å². The molecule has 58 valence electrons. The molecule has 0 aromatic heterocycles. The lowest BCUT2D eigenvalue weighted by Crippen LogP contribution is -2.25. The van der Waals surface area contributed by atoms with E-state index in [2.05, 4.69) is 5.32 Å². The summed E-state index contributed by atoms with van der Waals surface area (Å²) in [5.74, 6) is -0.303. The van der Waals surface area contributed by atoms with Gasteiger partial charge in [0.2, 0.25) is 0 Å². The number of halogens is 3. The van der Waals surface area contributed by atoms with Gasteiger partial charge in [-0.05, 0) is 0 Å². The van der Waals surface area contributed by atoms with E-state index in [0.717, 1.165) is 0 Å². The van der Waals surface area contributed by atoms with Gasteiger partial charge in [0.25, 0.3) is 0 Å². The Bertz CT molecular complexity index is 104. The average molecular weight is 151 g/mol. The molecule has 0 spiro atoms. The lowest BCUT2D eigenvalue weighted by atomic mass is 9.98. The molecule has 4 heteroatoms. The van der Waals surface area contributed by atoms with Gasteiger partial charge in [0.05, 0.1) is 12.8 Å². The molecule has 0 atom stereocenters. The van der Waals surface area contributed by atoms with Crippen LogP contribution >= 0.6 is 0 Å². The molecule has 1 aliphatic heterocycles. The van der Waals surface area contributed by atoms with Crippen molar-refractivity contribution in [2.24, 2.45) is 0 Å². The molecule has 10 heavy (non-hydrogen) atoms. The fourth-order valence-corrected chi connectivity index (χ4v) is 0.948. The van der Waals surface area contributed by atoms with Crippen LogP contribution in [0.25, 0.3) is 5.32 Å². The highest BCUT2D eigenvalue weighted by molar-refractivity contribution is 5.07. The predicted molar refractivity (Wildman–Crippen MR) is 31.6 cm³/mol. The molecular weight excluding hydrogens is 143 g/mol. The third-order valence-corrected chi connectivity index (χ3v) is 1.54. The van der Waals surface area contributed by atoms with Crippen LogP contribution in [0.5, 0.6) is 0 Å². The smallest absolute Gasteiger partial charge is 0.551 e. The van der Waals surface area contributed by atoms with Crippen LogP contribution in [-0.4, -0.2) is 19.3 Å². The first-order chi connectivity index (χ1) is 4.61. The van der Waals surface area contributed by atoms with Crippen molar-refractivity contribution >= 4 is 0 Å². The van der Waals surface area contributed by atoms with Crippen LogP contribution in [0, 0.1) is 5.92 Å². The van der Waals surface area contributed by atoms with Crippen molar-refractivity contribution in [3.05, 3.63) is 11.2 Å². The zero-order valence-corrected chi connectivity index (χ0v) is 5.41. The Labute approximate surface area is 57.6 Å². The Morgan fingerprint density at radius 3 is 1.90 bits per heavy atom. The Morgan fingerprint density at radius 2 is 1.60 bits per heavy atom. The average Bonchev–Trinajstić information content (AvgIpc) is 1.88. The minimum atomic E-state index is -4.07. The first-order valence-corrected chi connectivity index (χ1v) is 3.16. The van der Waals surface area contributed by atoms with Gasteiger partial charge < -0.3 is 5.32 Å². The Balaban J connectivity index is 2.39. The van der Waals surface area contributed by atoms with Gasteiger partial charge in [-0.15, -0.1) is 26.3 Å². The molecule has 0 radical (unpaired) electrons. The molecule has 0 N–H and O–H groups in total. The van der Waals surface area contributed by atoms with E-state index < -0.39 is 6.18 Å². The molecule has 1 rings (SSSR count). The standard InChI is InChI=1S/C6H8F3N/c7-6(8,9)5-1-3-10-4-2-5/h1-4H2. The van der Waals surface area contributed by atoms with Crippen molar-refractivity contribution in [3.8, 4) is 0 Å². The van der Waals surface area contributed by atoms with Crippen LogP contribution in [0.3, 0.4) is 0 Å². The fourth-order valence-electron chi connectivity index (χ4n) is 0.948. The summed E-state index contributed by atoms with van der Waals surface area (Å²) in [6.07, 6.45) is -3.87. The fraction of sp³-hybridized carbons (Fsp3) is 0.833. The van der Waals surface area contributed by atoms with Gasteiger partial charge in [-0.25, -0.2) is 0 Å². The van der Waals surface area contributed by atoms with Gasteiger partial charge in [0, 0.05) is 0 Å². The second kappa shape index (κ2) is 2.70. The van der Waals surface area contributed by atoms with Crippen LogP contribution in [0.2, 0.25) is 0 Å². The molecule has 0 amide bonds. The normalized spacial score (nSPS) is 21.3. The number of alkyl halides is 3. The maximum Gasteiger partial charge on any atom is 0.551 e. The summed E-state index contributed by atoms with van der Waals surface area (Å²) in [6, 6.07) is 0. The molecule has 1 fully saturated rings. The lowest BCUT2D eigenvalue weighted by Gasteiger charge is -2.24. The minimum absolute atomic E-state index is 0.101. The summed E-state index contributed by atoms with van der Waals surface area (Å²) in [6.45, 7) is 0.684. The highest BCUT2D eigenvalue weighted by Gasteiger charge is 2.50. The zero-order valence-electron chi connectivity index (χ0n) is 5.41. The summed E-state index contributed by atoms with van der Waals surface area (Å²) in [7, 11) is 0. The summed E-state index contributed by atoms with van der Waals surface area (Å²) in [5, 5.41) is 3.82. The van der Waals surface area contributed by atoms with E-state index in [9.17, 15) is 13.2 Å². The van der Waals surface area contributed by atoms with Gasteiger partial charge in [0.1, 0.15) is 0 Å². The molecule has 1 saturated heterocycles. The SMILES string of the molecule is FC(F)(F)[C+]1CC[N-]CC1. The maximum absolute atomic E-state index is 11.9. The minimum Gasteiger partial charge on any atom is -0.655 e. The molecule has 1 heterocycles. The van der Waals surface area contributed by atoms with Crippen LogP contribution in [0.1, 0.15) is 12.8 Å². The van der Waals surface area contributed by atoms with Crippen LogP contribution in [0.15, 0.2) is 0 Å². The van der Waals surface area contributed by atoms with Crippen molar-refractivity contribution in [1.82, 2.24) is 0 Å². The molecule has 1 aliphatic rings. The Hall–Kier alpha value is -0.380. The third-order valence-electron chi connectivity index (χ3n) is 1.54.